The molecule has 1 aliphatic rings. The zero-order valence-corrected chi connectivity index (χ0v) is 12.8. The van der Waals surface area contributed by atoms with Gasteiger partial charge < -0.3 is 9.52 Å². The summed E-state index contributed by atoms with van der Waals surface area (Å²) in [6.07, 6.45) is 3.18. The SMILES string of the molecule is Cc1cnc(C(C)NS(=O)(=O)N2CCCCC2C(=O)O)o1. The second kappa shape index (κ2) is 6.12. The van der Waals surface area contributed by atoms with Crippen LogP contribution in [0.4, 0.5) is 0 Å². The van der Waals surface area contributed by atoms with Crippen molar-refractivity contribution in [2.45, 2.75) is 45.2 Å². The van der Waals surface area contributed by atoms with Crippen LogP contribution in [0.5, 0.6) is 0 Å². The number of carbonyl (C=O) groups is 1. The average Bonchev–Trinajstić information content (AvgIpc) is 2.85. The number of aryl methyl sites for hydroxylation is 1. The number of oxazole rings is 1. The lowest BCUT2D eigenvalue weighted by molar-refractivity contribution is -0.142. The number of aromatic nitrogens is 1. The highest BCUT2D eigenvalue weighted by molar-refractivity contribution is 7.87. The summed E-state index contributed by atoms with van der Waals surface area (Å²) in [5, 5.41) is 9.16. The molecule has 1 fully saturated rings. The summed E-state index contributed by atoms with van der Waals surface area (Å²) in [6, 6.07) is -1.69. The van der Waals surface area contributed by atoms with Gasteiger partial charge >= 0.3 is 5.97 Å². The van der Waals surface area contributed by atoms with Gasteiger partial charge in [-0.3, -0.25) is 4.79 Å². The van der Waals surface area contributed by atoms with Crippen LogP contribution in [0.1, 0.15) is 43.9 Å². The standard InChI is InChI=1S/C12H19N3O5S/c1-8-7-13-11(20-8)9(2)14-21(18,19)15-6-4-3-5-10(15)12(16)17/h7,9-10,14H,3-6H2,1-2H3,(H,16,17). The minimum atomic E-state index is -3.91. The Kier molecular flexibility index (Phi) is 4.64. The Balaban J connectivity index is 2.14. The molecule has 1 aliphatic heterocycles. The summed E-state index contributed by atoms with van der Waals surface area (Å²) >= 11 is 0. The largest absolute Gasteiger partial charge is 0.480 e. The average molecular weight is 317 g/mol. The van der Waals surface area contributed by atoms with E-state index in [2.05, 4.69) is 9.71 Å². The highest BCUT2D eigenvalue weighted by atomic mass is 32.2. The Labute approximate surface area is 123 Å². The van der Waals surface area contributed by atoms with Gasteiger partial charge in [-0.1, -0.05) is 0 Å². The Morgan fingerprint density at radius 2 is 2.29 bits per heavy atom. The summed E-state index contributed by atoms with van der Waals surface area (Å²) in [5.41, 5.74) is 0. The topological polar surface area (TPSA) is 113 Å². The molecule has 1 aromatic heterocycles. The van der Waals surface area contributed by atoms with Crippen LogP contribution in [0.2, 0.25) is 0 Å². The number of piperidine rings is 1. The molecular weight excluding hydrogens is 298 g/mol. The molecular formula is C12H19N3O5S. The Morgan fingerprint density at radius 1 is 1.57 bits per heavy atom. The first-order valence-corrected chi connectivity index (χ1v) is 8.19. The van der Waals surface area contributed by atoms with Crippen molar-refractivity contribution in [3.63, 3.8) is 0 Å². The van der Waals surface area contributed by atoms with E-state index in [0.717, 1.165) is 4.31 Å². The van der Waals surface area contributed by atoms with Gasteiger partial charge in [-0.05, 0) is 33.1 Å². The summed E-state index contributed by atoms with van der Waals surface area (Å²) < 4.78 is 33.5. The molecule has 0 spiro atoms. The zero-order chi connectivity index (χ0) is 15.6. The normalized spacial score (nSPS) is 22.1. The molecule has 21 heavy (non-hydrogen) atoms. The maximum absolute atomic E-state index is 12.4. The van der Waals surface area contributed by atoms with E-state index in [0.29, 0.717) is 25.0 Å². The van der Waals surface area contributed by atoms with Crippen LogP contribution in [0, 0.1) is 6.92 Å². The molecule has 2 heterocycles. The third-order valence-electron chi connectivity index (χ3n) is 3.38. The highest BCUT2D eigenvalue weighted by Gasteiger charge is 2.37. The number of nitrogens with one attached hydrogen (secondary N) is 1. The number of carboxylic acids is 1. The van der Waals surface area contributed by atoms with E-state index >= 15 is 0 Å². The molecule has 2 atom stereocenters. The van der Waals surface area contributed by atoms with Gasteiger partial charge in [0.1, 0.15) is 11.8 Å². The fraction of sp³-hybridized carbons (Fsp3) is 0.667. The van der Waals surface area contributed by atoms with Crippen molar-refractivity contribution in [3.05, 3.63) is 17.8 Å². The summed E-state index contributed by atoms with van der Waals surface area (Å²) in [7, 11) is -3.91. The van der Waals surface area contributed by atoms with Crippen LogP contribution < -0.4 is 4.72 Å². The van der Waals surface area contributed by atoms with E-state index in [9.17, 15) is 13.2 Å². The zero-order valence-electron chi connectivity index (χ0n) is 11.9. The third-order valence-corrected chi connectivity index (χ3v) is 5.09. The molecule has 0 bridgehead atoms. The number of nitrogens with zero attached hydrogens (tertiary/aromatic N) is 2. The smallest absolute Gasteiger partial charge is 0.322 e. The molecule has 1 saturated heterocycles. The lowest BCUT2D eigenvalue weighted by Crippen LogP contribution is -2.52. The van der Waals surface area contributed by atoms with Crippen LogP contribution in [0.3, 0.4) is 0 Å². The number of carboxylic acid groups (broad SMARTS) is 1. The predicted octanol–water partition coefficient (Wildman–Crippen LogP) is 0.818. The lowest BCUT2D eigenvalue weighted by Gasteiger charge is -2.32. The number of aliphatic carboxylic acids is 1. The van der Waals surface area contributed by atoms with Gasteiger partial charge in [-0.25, -0.2) is 4.98 Å². The van der Waals surface area contributed by atoms with Crippen molar-refractivity contribution < 1.29 is 22.7 Å². The Hall–Kier alpha value is -1.45. The summed E-state index contributed by atoms with van der Waals surface area (Å²) in [6.45, 7) is 3.51. The molecule has 0 amide bonds. The number of rotatable bonds is 5. The molecule has 0 aromatic carbocycles. The van der Waals surface area contributed by atoms with Gasteiger partial charge in [-0.2, -0.15) is 17.4 Å². The Morgan fingerprint density at radius 3 is 2.86 bits per heavy atom. The molecule has 2 unspecified atom stereocenters. The van der Waals surface area contributed by atoms with Crippen molar-refractivity contribution >= 4 is 16.2 Å². The fourth-order valence-electron chi connectivity index (χ4n) is 2.35. The maximum atomic E-state index is 12.4. The van der Waals surface area contributed by atoms with Gasteiger partial charge in [0.15, 0.2) is 0 Å². The van der Waals surface area contributed by atoms with Gasteiger partial charge in [-0.15, -0.1) is 0 Å². The molecule has 2 rings (SSSR count). The first-order chi connectivity index (χ1) is 9.81. The third kappa shape index (κ3) is 3.60. The predicted molar refractivity (Wildman–Crippen MR) is 73.7 cm³/mol. The first kappa shape index (κ1) is 15.9. The van der Waals surface area contributed by atoms with Gasteiger partial charge in [0.2, 0.25) is 5.89 Å². The molecule has 0 radical (unpaired) electrons. The van der Waals surface area contributed by atoms with Crippen LogP contribution in [0.15, 0.2) is 10.6 Å². The van der Waals surface area contributed by atoms with Crippen LogP contribution >= 0.6 is 0 Å². The quantitative estimate of drug-likeness (QED) is 0.831. The number of hydrogen-bond acceptors (Lipinski definition) is 5. The van der Waals surface area contributed by atoms with Crippen LogP contribution in [-0.2, 0) is 15.0 Å². The molecule has 1 aromatic rings. The van der Waals surface area contributed by atoms with E-state index in [1.165, 1.54) is 6.20 Å². The molecule has 9 heteroatoms. The second-order valence-corrected chi connectivity index (χ2v) is 6.77. The highest BCUT2D eigenvalue weighted by Crippen LogP contribution is 2.22. The summed E-state index contributed by atoms with van der Waals surface area (Å²) in [4.78, 5) is 15.2. The van der Waals surface area contributed by atoms with E-state index in [1.807, 2.05) is 0 Å². The Bertz CT molecular complexity index is 612. The number of hydrogen-bond donors (Lipinski definition) is 2. The van der Waals surface area contributed by atoms with Crippen molar-refractivity contribution in [1.29, 1.82) is 0 Å². The van der Waals surface area contributed by atoms with E-state index in [1.54, 1.807) is 13.8 Å². The fourth-order valence-corrected chi connectivity index (χ4v) is 3.94. The summed E-state index contributed by atoms with van der Waals surface area (Å²) in [5.74, 6) is -0.294. The molecule has 2 N–H and O–H groups in total. The minimum Gasteiger partial charge on any atom is -0.480 e. The van der Waals surface area contributed by atoms with Crippen LogP contribution in [-0.4, -0.2) is 41.4 Å². The van der Waals surface area contributed by atoms with E-state index < -0.39 is 28.3 Å². The molecule has 0 aliphatic carbocycles. The van der Waals surface area contributed by atoms with Crippen molar-refractivity contribution in [3.8, 4) is 0 Å². The second-order valence-electron chi connectivity index (χ2n) is 5.11. The van der Waals surface area contributed by atoms with E-state index in [4.69, 9.17) is 9.52 Å². The van der Waals surface area contributed by atoms with Gasteiger partial charge in [0, 0.05) is 6.54 Å². The van der Waals surface area contributed by atoms with Crippen molar-refractivity contribution in [2.75, 3.05) is 6.54 Å². The maximum Gasteiger partial charge on any atom is 0.322 e. The lowest BCUT2D eigenvalue weighted by atomic mass is 10.1. The first-order valence-electron chi connectivity index (χ1n) is 6.75. The van der Waals surface area contributed by atoms with Crippen molar-refractivity contribution in [2.24, 2.45) is 0 Å². The molecule has 0 saturated carbocycles. The van der Waals surface area contributed by atoms with E-state index in [-0.39, 0.29) is 12.4 Å². The minimum absolute atomic E-state index is 0.198. The monoisotopic (exact) mass is 317 g/mol. The molecule has 118 valence electrons. The molecule has 8 nitrogen and oxygen atoms in total. The van der Waals surface area contributed by atoms with Crippen molar-refractivity contribution in [1.82, 2.24) is 14.0 Å². The van der Waals surface area contributed by atoms with Crippen LogP contribution in [0.25, 0.3) is 0 Å². The van der Waals surface area contributed by atoms with Gasteiger partial charge in [0.05, 0.1) is 12.2 Å². The van der Waals surface area contributed by atoms with Gasteiger partial charge in [0.25, 0.3) is 10.2 Å².